The summed E-state index contributed by atoms with van der Waals surface area (Å²) >= 11 is 0. The SMILES string of the molecule is CCCCNC(=O)NC(CC)CCC. The van der Waals surface area contributed by atoms with Crippen LogP contribution >= 0.6 is 0 Å². The van der Waals surface area contributed by atoms with E-state index in [-0.39, 0.29) is 6.03 Å². The van der Waals surface area contributed by atoms with Gasteiger partial charge in [0.1, 0.15) is 0 Å². The average Bonchev–Trinajstić information content (AvgIpc) is 2.17. The first kappa shape index (κ1) is 13.3. The molecular weight excluding hydrogens is 176 g/mol. The van der Waals surface area contributed by atoms with Gasteiger partial charge in [-0.2, -0.15) is 0 Å². The van der Waals surface area contributed by atoms with Crippen LogP contribution in [0.1, 0.15) is 52.9 Å². The fourth-order valence-electron chi connectivity index (χ4n) is 1.34. The zero-order valence-corrected chi connectivity index (χ0v) is 9.73. The van der Waals surface area contributed by atoms with Crippen molar-refractivity contribution in [3.8, 4) is 0 Å². The van der Waals surface area contributed by atoms with E-state index in [1.54, 1.807) is 0 Å². The number of hydrogen-bond donors (Lipinski definition) is 2. The molecule has 0 fully saturated rings. The van der Waals surface area contributed by atoms with Crippen molar-refractivity contribution in [2.75, 3.05) is 6.54 Å². The van der Waals surface area contributed by atoms with Gasteiger partial charge in [0.25, 0.3) is 0 Å². The molecule has 0 aromatic carbocycles. The van der Waals surface area contributed by atoms with Crippen LogP contribution in [0.25, 0.3) is 0 Å². The highest BCUT2D eigenvalue weighted by Gasteiger charge is 2.07. The molecule has 0 heterocycles. The van der Waals surface area contributed by atoms with E-state index >= 15 is 0 Å². The normalized spacial score (nSPS) is 12.2. The first-order chi connectivity index (χ1) is 6.74. The molecule has 0 bridgehead atoms. The molecule has 0 aliphatic rings. The quantitative estimate of drug-likeness (QED) is 0.609. The Kier molecular flexibility index (Phi) is 8.39. The molecule has 0 rings (SSSR count). The van der Waals surface area contributed by atoms with Gasteiger partial charge in [-0.15, -0.1) is 0 Å². The molecule has 0 radical (unpaired) electrons. The maximum absolute atomic E-state index is 11.3. The predicted octanol–water partition coefficient (Wildman–Crippen LogP) is 2.66. The van der Waals surface area contributed by atoms with E-state index in [9.17, 15) is 4.79 Å². The lowest BCUT2D eigenvalue weighted by atomic mass is 10.1. The van der Waals surface area contributed by atoms with Gasteiger partial charge in [0.15, 0.2) is 0 Å². The maximum Gasteiger partial charge on any atom is 0.315 e. The first-order valence-electron chi connectivity index (χ1n) is 5.78. The molecule has 1 unspecified atom stereocenters. The Bertz CT molecular complexity index is 148. The van der Waals surface area contributed by atoms with Crippen LogP contribution in [0.15, 0.2) is 0 Å². The van der Waals surface area contributed by atoms with E-state index in [2.05, 4.69) is 31.4 Å². The van der Waals surface area contributed by atoms with Crippen LogP contribution in [-0.2, 0) is 0 Å². The highest BCUT2D eigenvalue weighted by atomic mass is 16.2. The second-order valence-corrected chi connectivity index (χ2v) is 3.65. The predicted molar refractivity (Wildman–Crippen MR) is 60.4 cm³/mol. The third-order valence-corrected chi connectivity index (χ3v) is 2.28. The molecule has 14 heavy (non-hydrogen) atoms. The molecule has 3 heteroatoms. The number of amides is 2. The number of carbonyl (C=O) groups excluding carboxylic acids is 1. The van der Waals surface area contributed by atoms with Crippen LogP contribution in [0.4, 0.5) is 4.79 Å². The van der Waals surface area contributed by atoms with E-state index in [1.807, 2.05) is 0 Å². The number of unbranched alkanes of at least 4 members (excludes halogenated alkanes) is 1. The Labute approximate surface area is 87.6 Å². The summed E-state index contributed by atoms with van der Waals surface area (Å²) in [5.74, 6) is 0. The van der Waals surface area contributed by atoms with E-state index in [0.29, 0.717) is 6.04 Å². The van der Waals surface area contributed by atoms with Crippen LogP contribution in [0.2, 0.25) is 0 Å². The molecule has 3 nitrogen and oxygen atoms in total. The molecular formula is C11H24N2O. The summed E-state index contributed by atoms with van der Waals surface area (Å²) < 4.78 is 0. The highest BCUT2D eigenvalue weighted by molar-refractivity contribution is 5.74. The van der Waals surface area contributed by atoms with Crippen molar-refractivity contribution in [1.82, 2.24) is 10.6 Å². The van der Waals surface area contributed by atoms with Crippen molar-refractivity contribution < 1.29 is 4.79 Å². The van der Waals surface area contributed by atoms with Gasteiger partial charge in [0, 0.05) is 12.6 Å². The summed E-state index contributed by atoms with van der Waals surface area (Å²) in [6, 6.07) is 0.320. The van der Waals surface area contributed by atoms with Crippen LogP contribution < -0.4 is 10.6 Å². The van der Waals surface area contributed by atoms with Gasteiger partial charge >= 0.3 is 6.03 Å². The van der Waals surface area contributed by atoms with Crippen LogP contribution in [0, 0.1) is 0 Å². The third kappa shape index (κ3) is 6.75. The summed E-state index contributed by atoms with van der Waals surface area (Å²) in [5, 5.41) is 5.83. The van der Waals surface area contributed by atoms with Gasteiger partial charge in [0.05, 0.1) is 0 Å². The maximum atomic E-state index is 11.3. The summed E-state index contributed by atoms with van der Waals surface area (Å²) in [7, 11) is 0. The molecule has 0 aromatic rings. The van der Waals surface area contributed by atoms with Gasteiger partial charge in [-0.3, -0.25) is 0 Å². The minimum Gasteiger partial charge on any atom is -0.338 e. The van der Waals surface area contributed by atoms with E-state index in [0.717, 1.165) is 38.6 Å². The Hall–Kier alpha value is -0.730. The topological polar surface area (TPSA) is 41.1 Å². The Morgan fingerprint density at radius 2 is 1.93 bits per heavy atom. The molecule has 2 N–H and O–H groups in total. The van der Waals surface area contributed by atoms with Crippen LogP contribution in [0.3, 0.4) is 0 Å². The molecule has 0 saturated carbocycles. The van der Waals surface area contributed by atoms with Crippen molar-refractivity contribution in [2.24, 2.45) is 0 Å². The number of nitrogens with one attached hydrogen (secondary N) is 2. The number of rotatable bonds is 7. The number of urea groups is 1. The van der Waals surface area contributed by atoms with Crippen LogP contribution in [-0.4, -0.2) is 18.6 Å². The summed E-state index contributed by atoms with van der Waals surface area (Å²) in [5.41, 5.74) is 0. The average molecular weight is 200 g/mol. The van der Waals surface area contributed by atoms with Gasteiger partial charge < -0.3 is 10.6 Å². The van der Waals surface area contributed by atoms with E-state index < -0.39 is 0 Å². The zero-order valence-electron chi connectivity index (χ0n) is 9.73. The molecule has 2 amide bonds. The van der Waals surface area contributed by atoms with Crippen LogP contribution in [0.5, 0.6) is 0 Å². The molecule has 0 aliphatic heterocycles. The summed E-state index contributed by atoms with van der Waals surface area (Å²) in [6.45, 7) is 7.14. The molecule has 1 atom stereocenters. The molecule has 0 aromatic heterocycles. The molecule has 0 spiro atoms. The molecule has 84 valence electrons. The summed E-state index contributed by atoms with van der Waals surface area (Å²) in [6.07, 6.45) is 5.37. The highest BCUT2D eigenvalue weighted by Crippen LogP contribution is 2.00. The monoisotopic (exact) mass is 200 g/mol. The second kappa shape index (κ2) is 8.85. The van der Waals surface area contributed by atoms with Crippen molar-refractivity contribution in [1.29, 1.82) is 0 Å². The van der Waals surface area contributed by atoms with Crippen molar-refractivity contribution in [3.05, 3.63) is 0 Å². The van der Waals surface area contributed by atoms with Gasteiger partial charge in [0.2, 0.25) is 0 Å². The zero-order chi connectivity index (χ0) is 10.8. The van der Waals surface area contributed by atoms with E-state index in [4.69, 9.17) is 0 Å². The smallest absolute Gasteiger partial charge is 0.315 e. The van der Waals surface area contributed by atoms with Crippen molar-refractivity contribution in [3.63, 3.8) is 0 Å². The minimum absolute atomic E-state index is 0.0150. The van der Waals surface area contributed by atoms with E-state index in [1.165, 1.54) is 0 Å². The Balaban J connectivity index is 3.56. The largest absolute Gasteiger partial charge is 0.338 e. The fraction of sp³-hybridized carbons (Fsp3) is 0.909. The lowest BCUT2D eigenvalue weighted by molar-refractivity contribution is 0.235. The lowest BCUT2D eigenvalue weighted by Crippen LogP contribution is -2.42. The standard InChI is InChI=1S/C11H24N2O/c1-4-7-9-12-11(14)13-10(6-3)8-5-2/h10H,4-9H2,1-3H3,(H2,12,13,14). The number of carbonyl (C=O) groups is 1. The molecule has 0 aliphatic carbocycles. The van der Waals surface area contributed by atoms with Crippen molar-refractivity contribution in [2.45, 2.75) is 58.9 Å². The molecule has 0 saturated heterocycles. The van der Waals surface area contributed by atoms with Gasteiger partial charge in [-0.1, -0.05) is 33.6 Å². The third-order valence-electron chi connectivity index (χ3n) is 2.28. The summed E-state index contributed by atoms with van der Waals surface area (Å²) in [4.78, 5) is 11.3. The first-order valence-corrected chi connectivity index (χ1v) is 5.78. The fourth-order valence-corrected chi connectivity index (χ4v) is 1.34. The van der Waals surface area contributed by atoms with Gasteiger partial charge in [-0.05, 0) is 19.3 Å². The number of hydrogen-bond acceptors (Lipinski definition) is 1. The second-order valence-electron chi connectivity index (χ2n) is 3.65. The van der Waals surface area contributed by atoms with Gasteiger partial charge in [-0.25, -0.2) is 4.79 Å². The van der Waals surface area contributed by atoms with Crippen molar-refractivity contribution >= 4 is 6.03 Å². The lowest BCUT2D eigenvalue weighted by Gasteiger charge is -2.16. The Morgan fingerprint density at radius 1 is 1.21 bits per heavy atom. The Morgan fingerprint density at radius 3 is 2.43 bits per heavy atom. The minimum atomic E-state index is -0.0150.